The highest BCUT2D eigenvalue weighted by molar-refractivity contribution is 9.10. The monoisotopic (exact) mass is 554 g/mol. The molecule has 2 N–H and O–H groups in total. The first kappa shape index (κ1) is 24.7. The zero-order chi connectivity index (χ0) is 25.8. The largest absolute Gasteiger partial charge is 0.490 e. The van der Waals surface area contributed by atoms with Crippen LogP contribution in [0, 0.1) is 0 Å². The lowest BCUT2D eigenvalue weighted by Crippen LogP contribution is -2.54. The number of aromatic carboxylic acids is 1. The Morgan fingerprint density at radius 2 is 1.81 bits per heavy atom. The van der Waals surface area contributed by atoms with Gasteiger partial charge in [0.05, 0.1) is 12.3 Å². The van der Waals surface area contributed by atoms with Gasteiger partial charge in [-0.1, -0.05) is 22.0 Å². The van der Waals surface area contributed by atoms with Crippen molar-refractivity contribution >= 4 is 51.5 Å². The summed E-state index contributed by atoms with van der Waals surface area (Å²) in [7, 11) is 0. The summed E-state index contributed by atoms with van der Waals surface area (Å²) in [6.07, 6.45) is 1.36. The molecule has 0 bridgehead atoms. The number of anilines is 1. The van der Waals surface area contributed by atoms with E-state index in [-0.39, 0.29) is 17.9 Å². The molecule has 0 spiro atoms. The van der Waals surface area contributed by atoms with Crippen molar-refractivity contribution in [2.75, 3.05) is 11.5 Å². The van der Waals surface area contributed by atoms with Gasteiger partial charge in [-0.05, 0) is 67.1 Å². The van der Waals surface area contributed by atoms with Gasteiger partial charge in [0.2, 0.25) is 5.76 Å². The van der Waals surface area contributed by atoms with Crippen molar-refractivity contribution in [2.45, 2.75) is 13.5 Å². The standard InChI is InChI=1S/C25H19BrN2O8/c1-2-34-21-12-14(3-9-19(21)35-13-17-8-10-20(36-17)24(31)32)11-18-22(29)27-25(33)28(23(18)30)16-6-4-15(26)5-7-16/h3-12H,2,13H2,1H3,(H,31,32)(H,27,29,33). The Labute approximate surface area is 213 Å². The summed E-state index contributed by atoms with van der Waals surface area (Å²) >= 11 is 3.30. The average molecular weight is 555 g/mol. The molecule has 0 saturated carbocycles. The van der Waals surface area contributed by atoms with E-state index in [9.17, 15) is 19.2 Å². The lowest BCUT2D eigenvalue weighted by Gasteiger charge is -2.26. The lowest BCUT2D eigenvalue weighted by atomic mass is 10.1. The zero-order valence-corrected chi connectivity index (χ0v) is 20.4. The molecule has 2 aromatic carbocycles. The van der Waals surface area contributed by atoms with Crippen LogP contribution < -0.4 is 19.7 Å². The Morgan fingerprint density at radius 1 is 1.06 bits per heavy atom. The van der Waals surface area contributed by atoms with E-state index in [1.807, 2.05) is 0 Å². The molecule has 11 heteroatoms. The van der Waals surface area contributed by atoms with Crippen LogP contribution in [-0.4, -0.2) is 35.5 Å². The molecule has 3 aromatic rings. The number of rotatable bonds is 8. The van der Waals surface area contributed by atoms with Gasteiger partial charge in [0.1, 0.15) is 17.9 Å². The molecule has 4 amide bonds. The number of barbiturate groups is 1. The molecule has 0 atom stereocenters. The number of benzene rings is 2. The number of ether oxygens (including phenoxy) is 2. The number of carbonyl (C=O) groups excluding carboxylic acids is 3. The Morgan fingerprint density at radius 3 is 2.47 bits per heavy atom. The van der Waals surface area contributed by atoms with Crippen LogP contribution in [0.1, 0.15) is 28.8 Å². The van der Waals surface area contributed by atoms with Gasteiger partial charge in [-0.25, -0.2) is 14.5 Å². The molecule has 1 aliphatic rings. The van der Waals surface area contributed by atoms with E-state index in [0.29, 0.717) is 35.1 Å². The van der Waals surface area contributed by atoms with Crippen molar-refractivity contribution in [1.82, 2.24) is 5.32 Å². The number of urea groups is 1. The highest BCUT2D eigenvalue weighted by Crippen LogP contribution is 2.31. The lowest BCUT2D eigenvalue weighted by molar-refractivity contribution is -0.122. The third kappa shape index (κ3) is 5.31. The highest BCUT2D eigenvalue weighted by Gasteiger charge is 2.36. The van der Waals surface area contributed by atoms with Crippen molar-refractivity contribution < 1.29 is 38.2 Å². The third-order valence-electron chi connectivity index (χ3n) is 5.01. The molecule has 184 valence electrons. The summed E-state index contributed by atoms with van der Waals surface area (Å²) < 4.78 is 17.3. The fraction of sp³-hybridized carbons (Fsp3) is 0.120. The molecule has 4 rings (SSSR count). The van der Waals surface area contributed by atoms with Crippen molar-refractivity contribution in [1.29, 1.82) is 0 Å². The number of carboxylic acids is 1. The Balaban J connectivity index is 1.59. The second kappa shape index (κ2) is 10.5. The number of hydrogen-bond donors (Lipinski definition) is 2. The van der Waals surface area contributed by atoms with Crippen molar-refractivity contribution in [3.63, 3.8) is 0 Å². The first-order chi connectivity index (χ1) is 17.3. The zero-order valence-electron chi connectivity index (χ0n) is 18.8. The van der Waals surface area contributed by atoms with Gasteiger partial charge in [-0.15, -0.1) is 0 Å². The van der Waals surface area contributed by atoms with Crippen LogP contribution in [0.3, 0.4) is 0 Å². The summed E-state index contributed by atoms with van der Waals surface area (Å²) in [5.41, 5.74) is 0.535. The van der Waals surface area contributed by atoms with Crippen molar-refractivity contribution in [2.24, 2.45) is 0 Å². The van der Waals surface area contributed by atoms with Crippen molar-refractivity contribution in [3.8, 4) is 11.5 Å². The minimum Gasteiger partial charge on any atom is -0.490 e. The van der Waals surface area contributed by atoms with Crippen LogP contribution in [0.5, 0.6) is 11.5 Å². The fourth-order valence-corrected chi connectivity index (χ4v) is 3.63. The number of amides is 4. The molecule has 1 saturated heterocycles. The number of nitrogens with zero attached hydrogens (tertiary/aromatic N) is 1. The van der Waals surface area contributed by atoms with Crippen LogP contribution in [0.15, 0.2) is 69.1 Å². The predicted molar refractivity (Wildman–Crippen MR) is 131 cm³/mol. The number of hydrogen-bond acceptors (Lipinski definition) is 7. The maximum absolute atomic E-state index is 13.1. The van der Waals surface area contributed by atoms with Gasteiger partial charge in [-0.2, -0.15) is 0 Å². The first-order valence-corrected chi connectivity index (χ1v) is 11.4. The van der Waals surface area contributed by atoms with Gasteiger partial charge < -0.3 is 19.0 Å². The quantitative estimate of drug-likeness (QED) is 0.309. The molecular weight excluding hydrogens is 536 g/mol. The van der Waals surface area contributed by atoms with Crippen LogP contribution in [0.25, 0.3) is 6.08 Å². The van der Waals surface area contributed by atoms with Gasteiger partial charge in [0.15, 0.2) is 11.5 Å². The molecule has 1 fully saturated rings. The topological polar surface area (TPSA) is 135 Å². The van der Waals surface area contributed by atoms with Gasteiger partial charge in [0, 0.05) is 4.47 Å². The first-order valence-electron chi connectivity index (χ1n) is 10.7. The third-order valence-corrected chi connectivity index (χ3v) is 5.54. The smallest absolute Gasteiger partial charge is 0.371 e. The number of halogens is 1. The van der Waals surface area contributed by atoms with E-state index in [2.05, 4.69) is 21.2 Å². The van der Waals surface area contributed by atoms with E-state index in [1.165, 1.54) is 18.2 Å². The summed E-state index contributed by atoms with van der Waals surface area (Å²) in [4.78, 5) is 49.8. The number of furan rings is 1. The van der Waals surface area contributed by atoms with Gasteiger partial charge in [0.25, 0.3) is 11.8 Å². The fourth-order valence-electron chi connectivity index (χ4n) is 3.37. The van der Waals surface area contributed by atoms with E-state index in [4.69, 9.17) is 19.0 Å². The number of carbonyl (C=O) groups is 4. The van der Waals surface area contributed by atoms with E-state index in [1.54, 1.807) is 49.4 Å². The summed E-state index contributed by atoms with van der Waals surface area (Å²) in [5, 5.41) is 11.2. The van der Waals surface area contributed by atoms with Crippen LogP contribution in [-0.2, 0) is 16.2 Å². The molecule has 0 unspecified atom stereocenters. The van der Waals surface area contributed by atoms with E-state index >= 15 is 0 Å². The molecule has 1 aliphatic heterocycles. The average Bonchev–Trinajstić information content (AvgIpc) is 3.32. The number of carboxylic acid groups (broad SMARTS) is 1. The van der Waals surface area contributed by atoms with Crippen molar-refractivity contribution in [3.05, 3.63) is 81.7 Å². The number of nitrogens with one attached hydrogen (secondary N) is 1. The molecule has 2 heterocycles. The normalized spacial score (nSPS) is 14.7. The Kier molecular flexibility index (Phi) is 7.20. The summed E-state index contributed by atoms with van der Waals surface area (Å²) in [6, 6.07) is 13.3. The van der Waals surface area contributed by atoms with Gasteiger partial charge in [-0.3, -0.25) is 14.9 Å². The minimum atomic E-state index is -1.18. The van der Waals surface area contributed by atoms with E-state index < -0.39 is 23.8 Å². The highest BCUT2D eigenvalue weighted by atomic mass is 79.9. The van der Waals surface area contributed by atoms with Crippen LogP contribution >= 0.6 is 15.9 Å². The molecular formula is C25H19BrN2O8. The maximum atomic E-state index is 13.1. The predicted octanol–water partition coefficient (Wildman–Crippen LogP) is 4.38. The summed E-state index contributed by atoms with van der Waals surface area (Å²) in [5.74, 6) is -1.98. The summed E-state index contributed by atoms with van der Waals surface area (Å²) in [6.45, 7) is 2.05. The second-order valence-electron chi connectivity index (χ2n) is 7.43. The van der Waals surface area contributed by atoms with Gasteiger partial charge >= 0.3 is 12.0 Å². The molecule has 36 heavy (non-hydrogen) atoms. The Hall–Kier alpha value is -4.38. The maximum Gasteiger partial charge on any atom is 0.371 e. The molecule has 10 nitrogen and oxygen atoms in total. The molecule has 0 aliphatic carbocycles. The Bertz CT molecular complexity index is 1380. The molecule has 1 aromatic heterocycles. The SMILES string of the molecule is CCOc1cc(C=C2C(=O)NC(=O)N(c3ccc(Br)cc3)C2=O)ccc1OCc1ccc(C(=O)O)o1. The minimum absolute atomic E-state index is 0.0427. The second-order valence-corrected chi connectivity index (χ2v) is 8.35. The van der Waals surface area contributed by atoms with Crippen LogP contribution in [0.2, 0.25) is 0 Å². The van der Waals surface area contributed by atoms with E-state index in [0.717, 1.165) is 9.37 Å². The van der Waals surface area contributed by atoms with Crippen LogP contribution in [0.4, 0.5) is 10.5 Å². The molecule has 0 radical (unpaired) electrons. The number of imide groups is 2.